The van der Waals surface area contributed by atoms with Gasteiger partial charge < -0.3 is 0 Å². The Morgan fingerprint density at radius 1 is 1.07 bits per heavy atom. The second-order valence-electron chi connectivity index (χ2n) is 7.70. The molecule has 1 N–H and O–H groups in total. The molecule has 5 nitrogen and oxygen atoms in total. The number of nitrogens with zero attached hydrogens (tertiary/aromatic N) is 2. The zero-order valence-corrected chi connectivity index (χ0v) is 18.7. The van der Waals surface area contributed by atoms with Crippen LogP contribution in [0.5, 0.6) is 0 Å². The van der Waals surface area contributed by atoms with Gasteiger partial charge in [0.1, 0.15) is 0 Å². The van der Waals surface area contributed by atoms with Crippen LogP contribution in [0.2, 0.25) is 5.02 Å². The molecule has 0 aliphatic heterocycles. The van der Waals surface area contributed by atoms with Crippen molar-refractivity contribution in [3.63, 3.8) is 0 Å². The Hall–Kier alpha value is -2.41. The maximum absolute atomic E-state index is 12.6. The minimum Gasteiger partial charge on any atom is -0.237 e. The Bertz CT molecular complexity index is 1220. The lowest BCUT2D eigenvalue weighted by Crippen LogP contribution is -2.32. The predicted molar refractivity (Wildman–Crippen MR) is 120 cm³/mol. The number of benzene rings is 2. The summed E-state index contributed by atoms with van der Waals surface area (Å²) in [6.07, 6.45) is 4.67. The van der Waals surface area contributed by atoms with Gasteiger partial charge >= 0.3 is 0 Å². The van der Waals surface area contributed by atoms with Gasteiger partial charge in [-0.25, -0.2) is 17.8 Å². The molecule has 2 atom stereocenters. The first-order valence-corrected chi connectivity index (χ1v) is 11.7. The fraction of sp³-hybridized carbons (Fsp3) is 0.261. The average molecular weight is 442 g/mol. The third-order valence-corrected chi connectivity index (χ3v) is 7.47. The monoisotopic (exact) mass is 441 g/mol. The third kappa shape index (κ3) is 3.95. The molecule has 2 unspecified atom stereocenters. The molecule has 0 fully saturated rings. The largest absolute Gasteiger partial charge is 0.241 e. The first kappa shape index (κ1) is 20.8. The lowest BCUT2D eigenvalue weighted by Gasteiger charge is -2.15. The molecule has 2 aromatic carbocycles. The smallest absolute Gasteiger partial charge is 0.237 e. The zero-order valence-electron chi connectivity index (χ0n) is 17.1. The van der Waals surface area contributed by atoms with Gasteiger partial charge in [0.05, 0.1) is 16.3 Å². The highest BCUT2D eigenvalue weighted by Gasteiger charge is 2.29. The third-order valence-electron chi connectivity index (χ3n) is 5.56. The fourth-order valence-electron chi connectivity index (χ4n) is 4.02. The number of aromatic nitrogens is 2. The number of rotatable bonds is 5. The van der Waals surface area contributed by atoms with Crippen LogP contribution in [0.25, 0.3) is 5.69 Å². The van der Waals surface area contributed by atoms with Crippen molar-refractivity contribution in [2.45, 2.75) is 44.0 Å². The molecule has 0 amide bonds. The Balaban J connectivity index is 1.56. The van der Waals surface area contributed by atoms with Crippen molar-refractivity contribution in [2.24, 2.45) is 0 Å². The molecule has 30 heavy (non-hydrogen) atoms. The van der Waals surface area contributed by atoms with Crippen molar-refractivity contribution in [2.75, 3.05) is 0 Å². The Labute approximate surface area is 182 Å². The number of aryl methyl sites for hydroxylation is 2. The standard InChI is InChI=1S/C23H24ClN3O2S/c1-15-9-12-20(14-22(15)24)27-17(3)23(16(2)25-27)18-10-11-19(13-18)26-30(28,29)21-7-5-4-6-8-21/h4-12,14,18-19,26H,13H2,1-3H3. The molecule has 3 aromatic rings. The van der Waals surface area contributed by atoms with Gasteiger partial charge in [-0.1, -0.05) is 48.0 Å². The molecule has 7 heteroatoms. The van der Waals surface area contributed by atoms with Crippen molar-refractivity contribution >= 4 is 21.6 Å². The first-order valence-electron chi connectivity index (χ1n) is 9.84. The summed E-state index contributed by atoms with van der Waals surface area (Å²) in [5.41, 5.74) is 5.04. The summed E-state index contributed by atoms with van der Waals surface area (Å²) in [6.45, 7) is 6.00. The van der Waals surface area contributed by atoms with E-state index in [4.69, 9.17) is 16.7 Å². The Kier molecular flexibility index (Phi) is 5.57. The van der Waals surface area contributed by atoms with Crippen molar-refractivity contribution in [3.05, 3.63) is 88.2 Å². The van der Waals surface area contributed by atoms with Gasteiger partial charge in [-0.15, -0.1) is 0 Å². The normalized spacial score (nSPS) is 18.8. The minimum atomic E-state index is -3.55. The molecule has 1 heterocycles. The van der Waals surface area contributed by atoms with Crippen LogP contribution in [0.3, 0.4) is 0 Å². The molecule has 0 bridgehead atoms. The van der Waals surface area contributed by atoms with E-state index in [2.05, 4.69) is 10.8 Å². The Morgan fingerprint density at radius 2 is 1.80 bits per heavy atom. The summed E-state index contributed by atoms with van der Waals surface area (Å²) >= 11 is 6.30. The first-order chi connectivity index (χ1) is 14.3. The van der Waals surface area contributed by atoms with Gasteiger partial charge in [-0.3, -0.25) is 0 Å². The molecular weight excluding hydrogens is 418 g/mol. The summed E-state index contributed by atoms with van der Waals surface area (Å²) in [6, 6.07) is 14.1. The van der Waals surface area contributed by atoms with Crippen LogP contribution >= 0.6 is 11.6 Å². The van der Waals surface area contributed by atoms with Crippen LogP contribution in [-0.2, 0) is 10.0 Å². The second kappa shape index (κ2) is 8.02. The summed E-state index contributed by atoms with van der Waals surface area (Å²) in [5, 5.41) is 5.43. The lowest BCUT2D eigenvalue weighted by molar-refractivity contribution is 0.563. The molecule has 0 saturated heterocycles. The van der Waals surface area contributed by atoms with E-state index in [0.29, 0.717) is 11.4 Å². The van der Waals surface area contributed by atoms with Crippen LogP contribution in [0.1, 0.15) is 34.9 Å². The van der Waals surface area contributed by atoms with Gasteiger partial charge in [0.15, 0.2) is 0 Å². The van der Waals surface area contributed by atoms with E-state index in [1.54, 1.807) is 30.3 Å². The van der Waals surface area contributed by atoms with Gasteiger partial charge in [-0.05, 0) is 57.0 Å². The van der Waals surface area contributed by atoms with E-state index in [9.17, 15) is 8.42 Å². The highest BCUT2D eigenvalue weighted by atomic mass is 35.5. The SMILES string of the molecule is Cc1ccc(-n2nc(C)c(C3C=CC(NS(=O)(=O)c4ccccc4)C3)c2C)cc1Cl. The zero-order chi connectivity index (χ0) is 21.5. The van der Waals surface area contributed by atoms with E-state index >= 15 is 0 Å². The van der Waals surface area contributed by atoms with E-state index in [1.165, 1.54) is 0 Å². The number of hydrogen-bond acceptors (Lipinski definition) is 3. The summed E-state index contributed by atoms with van der Waals surface area (Å²) in [5.74, 6) is 0.100. The van der Waals surface area contributed by atoms with Crippen LogP contribution in [0.15, 0.2) is 65.6 Å². The quantitative estimate of drug-likeness (QED) is 0.576. The number of nitrogens with one attached hydrogen (secondary N) is 1. The van der Waals surface area contributed by atoms with Crippen molar-refractivity contribution in [1.82, 2.24) is 14.5 Å². The van der Waals surface area contributed by atoms with Crippen molar-refractivity contribution in [1.29, 1.82) is 0 Å². The molecule has 4 rings (SSSR count). The highest BCUT2D eigenvalue weighted by molar-refractivity contribution is 7.89. The van der Waals surface area contributed by atoms with Crippen LogP contribution < -0.4 is 4.72 Å². The molecule has 156 valence electrons. The molecule has 1 aliphatic rings. The number of halogens is 1. The van der Waals surface area contributed by atoms with Crippen molar-refractivity contribution < 1.29 is 8.42 Å². The molecular formula is C23H24ClN3O2S. The number of allylic oxidation sites excluding steroid dienone is 1. The molecule has 0 saturated carbocycles. The fourth-order valence-corrected chi connectivity index (χ4v) is 5.42. The second-order valence-corrected chi connectivity index (χ2v) is 9.82. The molecule has 1 aromatic heterocycles. The van der Waals surface area contributed by atoms with E-state index < -0.39 is 10.0 Å². The van der Waals surface area contributed by atoms with Gasteiger partial charge in [0.2, 0.25) is 10.0 Å². The van der Waals surface area contributed by atoms with Gasteiger partial charge in [0.25, 0.3) is 0 Å². The minimum absolute atomic E-state index is 0.100. The number of hydrogen-bond donors (Lipinski definition) is 1. The lowest BCUT2D eigenvalue weighted by atomic mass is 9.96. The molecule has 0 radical (unpaired) electrons. The van der Waals surface area contributed by atoms with Crippen LogP contribution in [0.4, 0.5) is 0 Å². The molecule has 0 spiro atoms. The van der Waals surface area contributed by atoms with Crippen LogP contribution in [0, 0.1) is 20.8 Å². The van der Waals surface area contributed by atoms with Gasteiger partial charge in [0, 0.05) is 28.2 Å². The highest BCUT2D eigenvalue weighted by Crippen LogP contribution is 2.34. The summed E-state index contributed by atoms with van der Waals surface area (Å²) in [4.78, 5) is 0.276. The average Bonchev–Trinajstić information content (AvgIpc) is 3.27. The predicted octanol–water partition coefficient (Wildman–Crippen LogP) is 4.84. The topological polar surface area (TPSA) is 64.0 Å². The molecule has 1 aliphatic carbocycles. The van der Waals surface area contributed by atoms with Crippen LogP contribution in [-0.4, -0.2) is 24.2 Å². The maximum Gasteiger partial charge on any atom is 0.241 e. The van der Waals surface area contributed by atoms with E-state index in [1.807, 2.05) is 49.7 Å². The van der Waals surface area contributed by atoms with Gasteiger partial charge in [-0.2, -0.15) is 5.10 Å². The summed E-state index contributed by atoms with van der Waals surface area (Å²) in [7, 11) is -3.55. The van der Waals surface area contributed by atoms with Crippen molar-refractivity contribution in [3.8, 4) is 5.69 Å². The van der Waals surface area contributed by atoms with E-state index in [0.717, 1.165) is 28.2 Å². The van der Waals surface area contributed by atoms with E-state index in [-0.39, 0.29) is 16.9 Å². The summed E-state index contributed by atoms with van der Waals surface area (Å²) < 4.78 is 30.0. The Morgan fingerprint density at radius 3 is 2.50 bits per heavy atom. The number of sulfonamides is 1. The maximum atomic E-state index is 12.6.